The summed E-state index contributed by atoms with van der Waals surface area (Å²) in [5.41, 5.74) is 8.79. The van der Waals surface area contributed by atoms with E-state index in [1.165, 1.54) is 43.2 Å². The summed E-state index contributed by atoms with van der Waals surface area (Å²) >= 11 is 0. The summed E-state index contributed by atoms with van der Waals surface area (Å²) in [7, 11) is 0. The molecule has 0 radical (unpaired) electrons. The van der Waals surface area contributed by atoms with Crippen molar-refractivity contribution in [1.29, 1.82) is 0 Å². The summed E-state index contributed by atoms with van der Waals surface area (Å²) in [6, 6.07) is 8.86. The first-order valence-corrected chi connectivity index (χ1v) is 7.95. The Hall–Kier alpha value is -0.820. The molecule has 1 heteroatoms. The highest BCUT2D eigenvalue weighted by molar-refractivity contribution is 5.22. The average Bonchev–Trinajstić information content (AvgIpc) is 2.42. The third kappa shape index (κ3) is 6.24. The van der Waals surface area contributed by atoms with Crippen LogP contribution in [0.15, 0.2) is 24.3 Å². The monoisotopic (exact) mass is 261 g/mol. The fourth-order valence-corrected chi connectivity index (χ4v) is 2.89. The first kappa shape index (κ1) is 16.2. The standard InChI is InChI=1S/C18H31N/c1-4-6-9-16(5-2)12-18(14-19)13-17-10-7-8-15(3)11-17/h7-8,10-11,16,18H,4-6,9,12-14,19H2,1-3H3. The van der Waals surface area contributed by atoms with Crippen molar-refractivity contribution >= 4 is 0 Å². The van der Waals surface area contributed by atoms with Gasteiger partial charge in [-0.3, -0.25) is 0 Å². The normalized spacial score (nSPS) is 14.3. The van der Waals surface area contributed by atoms with E-state index in [0.717, 1.165) is 18.9 Å². The van der Waals surface area contributed by atoms with E-state index in [9.17, 15) is 0 Å². The molecule has 1 rings (SSSR count). The third-order valence-corrected chi connectivity index (χ3v) is 4.15. The van der Waals surface area contributed by atoms with E-state index in [-0.39, 0.29) is 0 Å². The van der Waals surface area contributed by atoms with Gasteiger partial charge in [0.2, 0.25) is 0 Å². The quantitative estimate of drug-likeness (QED) is 0.684. The van der Waals surface area contributed by atoms with Crippen LogP contribution in [0.25, 0.3) is 0 Å². The van der Waals surface area contributed by atoms with Crippen LogP contribution < -0.4 is 5.73 Å². The van der Waals surface area contributed by atoms with Crippen LogP contribution >= 0.6 is 0 Å². The largest absolute Gasteiger partial charge is 0.330 e. The van der Waals surface area contributed by atoms with Gasteiger partial charge in [0.15, 0.2) is 0 Å². The van der Waals surface area contributed by atoms with Crippen LogP contribution in [-0.2, 0) is 6.42 Å². The minimum absolute atomic E-state index is 0.642. The lowest BCUT2D eigenvalue weighted by atomic mass is 9.85. The number of aryl methyl sites for hydroxylation is 1. The molecular weight excluding hydrogens is 230 g/mol. The smallest absolute Gasteiger partial charge is 0.00456 e. The molecule has 0 heterocycles. The molecule has 2 unspecified atom stereocenters. The molecule has 0 fully saturated rings. The van der Waals surface area contributed by atoms with Crippen molar-refractivity contribution in [2.45, 2.75) is 59.3 Å². The van der Waals surface area contributed by atoms with Gasteiger partial charge in [-0.1, -0.05) is 69.4 Å². The number of unbranched alkanes of at least 4 members (excludes halogenated alkanes) is 1. The number of hydrogen-bond acceptors (Lipinski definition) is 1. The van der Waals surface area contributed by atoms with E-state index in [1.807, 2.05) is 0 Å². The molecule has 0 aromatic heterocycles. The maximum atomic E-state index is 5.99. The van der Waals surface area contributed by atoms with Crippen LogP contribution in [0.2, 0.25) is 0 Å². The van der Waals surface area contributed by atoms with Crippen molar-refractivity contribution in [1.82, 2.24) is 0 Å². The van der Waals surface area contributed by atoms with Gasteiger partial charge < -0.3 is 5.73 Å². The van der Waals surface area contributed by atoms with Gasteiger partial charge in [-0.25, -0.2) is 0 Å². The Balaban J connectivity index is 2.52. The van der Waals surface area contributed by atoms with Crippen molar-refractivity contribution < 1.29 is 0 Å². The zero-order valence-corrected chi connectivity index (χ0v) is 13.0. The molecule has 0 saturated heterocycles. The van der Waals surface area contributed by atoms with E-state index in [2.05, 4.69) is 45.0 Å². The highest BCUT2D eigenvalue weighted by Gasteiger charge is 2.14. The molecule has 1 aromatic rings. The highest BCUT2D eigenvalue weighted by atomic mass is 14.5. The predicted molar refractivity (Wildman–Crippen MR) is 85.4 cm³/mol. The van der Waals surface area contributed by atoms with E-state index >= 15 is 0 Å². The molecular formula is C18H31N. The molecule has 2 N–H and O–H groups in total. The van der Waals surface area contributed by atoms with Crippen LogP contribution in [0.4, 0.5) is 0 Å². The van der Waals surface area contributed by atoms with Gasteiger partial charge in [0, 0.05) is 0 Å². The number of hydrogen-bond donors (Lipinski definition) is 1. The molecule has 0 saturated carbocycles. The Kier molecular flexibility index (Phi) is 7.81. The summed E-state index contributed by atoms with van der Waals surface area (Å²) in [5, 5.41) is 0. The second-order valence-corrected chi connectivity index (χ2v) is 5.95. The van der Waals surface area contributed by atoms with E-state index in [1.54, 1.807) is 0 Å². The van der Waals surface area contributed by atoms with Crippen LogP contribution in [0.5, 0.6) is 0 Å². The highest BCUT2D eigenvalue weighted by Crippen LogP contribution is 2.23. The van der Waals surface area contributed by atoms with Gasteiger partial charge in [0.05, 0.1) is 0 Å². The third-order valence-electron chi connectivity index (χ3n) is 4.15. The Morgan fingerprint density at radius 3 is 2.53 bits per heavy atom. The first-order chi connectivity index (χ1) is 9.19. The van der Waals surface area contributed by atoms with Gasteiger partial charge in [-0.2, -0.15) is 0 Å². The second kappa shape index (κ2) is 9.14. The fraction of sp³-hybridized carbons (Fsp3) is 0.667. The molecule has 0 aliphatic rings. The predicted octanol–water partition coefficient (Wildman–Crippen LogP) is 4.72. The van der Waals surface area contributed by atoms with Gasteiger partial charge in [0.1, 0.15) is 0 Å². The van der Waals surface area contributed by atoms with Crippen molar-refractivity contribution in [3.8, 4) is 0 Å². The van der Waals surface area contributed by atoms with Crippen molar-refractivity contribution in [2.75, 3.05) is 6.54 Å². The SMILES string of the molecule is CCCCC(CC)CC(CN)Cc1cccc(C)c1. The zero-order valence-electron chi connectivity index (χ0n) is 13.0. The summed E-state index contributed by atoms with van der Waals surface area (Å²) in [4.78, 5) is 0. The average molecular weight is 261 g/mol. The summed E-state index contributed by atoms with van der Waals surface area (Å²) < 4.78 is 0. The zero-order chi connectivity index (χ0) is 14.1. The minimum Gasteiger partial charge on any atom is -0.330 e. The van der Waals surface area contributed by atoms with Gasteiger partial charge in [-0.05, 0) is 43.7 Å². The number of benzene rings is 1. The lowest BCUT2D eigenvalue weighted by molar-refractivity contribution is 0.339. The fourth-order valence-electron chi connectivity index (χ4n) is 2.89. The number of nitrogens with two attached hydrogens (primary N) is 1. The van der Waals surface area contributed by atoms with Crippen LogP contribution in [-0.4, -0.2) is 6.54 Å². The molecule has 0 bridgehead atoms. The molecule has 0 aliphatic carbocycles. The molecule has 1 nitrogen and oxygen atoms in total. The number of rotatable bonds is 9. The summed E-state index contributed by atoms with van der Waals surface area (Å²) in [5.74, 6) is 1.50. The van der Waals surface area contributed by atoms with Crippen molar-refractivity contribution in [2.24, 2.45) is 17.6 Å². The molecule has 108 valence electrons. The van der Waals surface area contributed by atoms with Crippen LogP contribution in [0.3, 0.4) is 0 Å². The van der Waals surface area contributed by atoms with Crippen LogP contribution in [0, 0.1) is 18.8 Å². The molecule has 2 atom stereocenters. The Morgan fingerprint density at radius 2 is 1.95 bits per heavy atom. The first-order valence-electron chi connectivity index (χ1n) is 7.95. The van der Waals surface area contributed by atoms with E-state index in [4.69, 9.17) is 5.73 Å². The molecule has 0 spiro atoms. The van der Waals surface area contributed by atoms with Crippen molar-refractivity contribution in [3.63, 3.8) is 0 Å². The Morgan fingerprint density at radius 1 is 1.16 bits per heavy atom. The van der Waals surface area contributed by atoms with Gasteiger partial charge >= 0.3 is 0 Å². The minimum atomic E-state index is 0.642. The van der Waals surface area contributed by atoms with Gasteiger partial charge in [-0.15, -0.1) is 0 Å². The maximum Gasteiger partial charge on any atom is -0.00456 e. The second-order valence-electron chi connectivity index (χ2n) is 5.95. The van der Waals surface area contributed by atoms with E-state index < -0.39 is 0 Å². The topological polar surface area (TPSA) is 26.0 Å². The van der Waals surface area contributed by atoms with Crippen LogP contribution in [0.1, 0.15) is 57.1 Å². The van der Waals surface area contributed by atoms with Crippen molar-refractivity contribution in [3.05, 3.63) is 35.4 Å². The maximum absolute atomic E-state index is 5.99. The van der Waals surface area contributed by atoms with Gasteiger partial charge in [0.25, 0.3) is 0 Å². The lowest BCUT2D eigenvalue weighted by Crippen LogP contribution is -2.20. The van der Waals surface area contributed by atoms with E-state index in [0.29, 0.717) is 5.92 Å². The summed E-state index contributed by atoms with van der Waals surface area (Å²) in [6.07, 6.45) is 7.77. The Labute approximate surface area is 119 Å². The summed E-state index contributed by atoms with van der Waals surface area (Å²) in [6.45, 7) is 7.58. The Bertz CT molecular complexity index is 345. The molecule has 1 aromatic carbocycles. The lowest BCUT2D eigenvalue weighted by Gasteiger charge is -2.22. The molecule has 0 aliphatic heterocycles. The molecule has 19 heavy (non-hydrogen) atoms. The molecule has 0 amide bonds.